The second-order valence-corrected chi connectivity index (χ2v) is 6.97. The number of hydrogen-bond acceptors (Lipinski definition) is 5. The summed E-state index contributed by atoms with van der Waals surface area (Å²) in [5, 5.41) is 2.95. The molecule has 0 saturated carbocycles. The highest BCUT2D eigenvalue weighted by molar-refractivity contribution is 9.10. The molecule has 3 N–H and O–H groups in total. The van der Waals surface area contributed by atoms with Crippen molar-refractivity contribution in [2.24, 2.45) is 0 Å². The number of carbonyl (C=O) groups is 4. The largest absolute Gasteiger partial charge is 0.456 e. The van der Waals surface area contributed by atoms with Gasteiger partial charge < -0.3 is 10.1 Å². The van der Waals surface area contributed by atoms with Crippen molar-refractivity contribution in [3.8, 4) is 0 Å². The Bertz CT molecular complexity index is 908. The van der Waals surface area contributed by atoms with Crippen molar-refractivity contribution < 1.29 is 23.9 Å². The summed E-state index contributed by atoms with van der Waals surface area (Å²) in [4.78, 5) is 46.9. The van der Waals surface area contributed by atoms with Gasteiger partial charge in [-0.15, -0.1) is 0 Å². The van der Waals surface area contributed by atoms with E-state index >= 15 is 0 Å². The van der Waals surface area contributed by atoms with Crippen LogP contribution in [-0.2, 0) is 19.1 Å². The fraction of sp³-hybridized carbons (Fsp3) is 0.158. The molecule has 0 fully saturated rings. The van der Waals surface area contributed by atoms with Gasteiger partial charge in [0.05, 0.1) is 11.4 Å². The number of benzene rings is 2. The van der Waals surface area contributed by atoms with Crippen LogP contribution >= 0.6 is 27.5 Å². The maximum Gasteiger partial charge on any atom is 0.306 e. The lowest BCUT2D eigenvalue weighted by molar-refractivity contribution is -0.148. The van der Waals surface area contributed by atoms with Crippen LogP contribution in [0, 0.1) is 0 Å². The van der Waals surface area contributed by atoms with Crippen LogP contribution in [0.4, 0.5) is 5.69 Å². The summed E-state index contributed by atoms with van der Waals surface area (Å²) in [6, 6.07) is 13.2. The van der Waals surface area contributed by atoms with E-state index in [0.717, 1.165) is 0 Å². The Morgan fingerprint density at radius 2 is 1.66 bits per heavy atom. The number of rotatable bonds is 7. The molecule has 10 heteroatoms. The van der Waals surface area contributed by atoms with Crippen LogP contribution in [-0.4, -0.2) is 30.3 Å². The average Bonchev–Trinajstić information content (AvgIpc) is 2.72. The van der Waals surface area contributed by atoms with Crippen molar-refractivity contribution in [2.75, 3.05) is 11.9 Å². The molecule has 0 unspecified atom stereocenters. The number of carbonyl (C=O) groups excluding carboxylic acids is 4. The topological polar surface area (TPSA) is 114 Å². The molecule has 29 heavy (non-hydrogen) atoms. The Morgan fingerprint density at radius 1 is 0.931 bits per heavy atom. The van der Waals surface area contributed by atoms with Crippen LogP contribution < -0.4 is 16.2 Å². The fourth-order valence-corrected chi connectivity index (χ4v) is 2.48. The molecule has 0 aliphatic rings. The van der Waals surface area contributed by atoms with Crippen molar-refractivity contribution in [1.29, 1.82) is 0 Å². The molecule has 0 heterocycles. The quantitative estimate of drug-likeness (QED) is 0.415. The number of hydrazine groups is 1. The molecular formula is C19H17BrClN3O5. The minimum atomic E-state index is -0.724. The normalized spacial score (nSPS) is 10.0. The molecule has 0 aromatic heterocycles. The van der Waals surface area contributed by atoms with Gasteiger partial charge in [0.1, 0.15) is 0 Å². The molecule has 2 rings (SSSR count). The van der Waals surface area contributed by atoms with Crippen LogP contribution in [0.25, 0.3) is 0 Å². The first kappa shape index (κ1) is 22.4. The first-order valence-corrected chi connectivity index (χ1v) is 9.57. The van der Waals surface area contributed by atoms with E-state index in [9.17, 15) is 19.2 Å². The van der Waals surface area contributed by atoms with E-state index in [1.54, 1.807) is 48.5 Å². The van der Waals surface area contributed by atoms with Gasteiger partial charge in [0.2, 0.25) is 5.91 Å². The van der Waals surface area contributed by atoms with Crippen molar-refractivity contribution in [1.82, 2.24) is 10.9 Å². The standard InChI is InChI=1S/C19H17BrClN3O5/c20-14-7-6-13(10-15(14)21)22-17(26)11-29-18(27)9-8-16(25)23-24-19(28)12-4-2-1-3-5-12/h1-7,10H,8-9,11H2,(H,22,26)(H,23,25)(H,24,28). The Kier molecular flexibility index (Phi) is 8.63. The molecule has 0 bridgehead atoms. The molecule has 0 saturated heterocycles. The lowest BCUT2D eigenvalue weighted by atomic mass is 10.2. The molecule has 0 spiro atoms. The monoisotopic (exact) mass is 481 g/mol. The Morgan fingerprint density at radius 3 is 2.34 bits per heavy atom. The minimum absolute atomic E-state index is 0.210. The summed E-state index contributed by atoms with van der Waals surface area (Å²) in [5.74, 6) is -2.32. The molecule has 0 radical (unpaired) electrons. The maximum absolute atomic E-state index is 11.8. The summed E-state index contributed by atoms with van der Waals surface area (Å²) in [5.41, 5.74) is 5.27. The predicted octanol–water partition coefficient (Wildman–Crippen LogP) is 2.83. The van der Waals surface area contributed by atoms with Gasteiger partial charge in [-0.2, -0.15) is 0 Å². The molecule has 3 amide bonds. The molecule has 2 aromatic carbocycles. The van der Waals surface area contributed by atoms with E-state index < -0.39 is 30.3 Å². The van der Waals surface area contributed by atoms with Crippen molar-refractivity contribution in [3.63, 3.8) is 0 Å². The van der Waals surface area contributed by atoms with E-state index in [2.05, 4.69) is 32.1 Å². The minimum Gasteiger partial charge on any atom is -0.456 e. The summed E-state index contributed by atoms with van der Waals surface area (Å²) < 4.78 is 5.50. The lowest BCUT2D eigenvalue weighted by Crippen LogP contribution is -2.41. The summed E-state index contributed by atoms with van der Waals surface area (Å²) in [6.07, 6.45) is -0.456. The lowest BCUT2D eigenvalue weighted by Gasteiger charge is -2.08. The molecule has 2 aromatic rings. The fourth-order valence-electron chi connectivity index (χ4n) is 2.06. The highest BCUT2D eigenvalue weighted by Crippen LogP contribution is 2.25. The Labute approximate surface area is 180 Å². The van der Waals surface area contributed by atoms with Crippen LogP contribution in [0.15, 0.2) is 53.0 Å². The SMILES string of the molecule is O=C(CCC(=O)OCC(=O)Nc1ccc(Br)c(Cl)c1)NNC(=O)c1ccccc1. The van der Waals surface area contributed by atoms with Gasteiger partial charge >= 0.3 is 5.97 Å². The van der Waals surface area contributed by atoms with E-state index in [-0.39, 0.29) is 12.8 Å². The van der Waals surface area contributed by atoms with E-state index in [1.165, 1.54) is 0 Å². The number of nitrogens with one attached hydrogen (secondary N) is 3. The van der Waals surface area contributed by atoms with Crippen LogP contribution in [0.2, 0.25) is 5.02 Å². The third kappa shape index (κ3) is 7.92. The van der Waals surface area contributed by atoms with Gasteiger partial charge in [-0.1, -0.05) is 29.8 Å². The maximum atomic E-state index is 11.8. The van der Waals surface area contributed by atoms with Gasteiger partial charge in [-0.05, 0) is 46.3 Å². The first-order chi connectivity index (χ1) is 13.8. The van der Waals surface area contributed by atoms with E-state index in [1.807, 2.05) is 0 Å². The number of hydrogen-bond donors (Lipinski definition) is 3. The highest BCUT2D eigenvalue weighted by Gasteiger charge is 2.12. The van der Waals surface area contributed by atoms with Gasteiger partial charge in [0.25, 0.3) is 11.8 Å². The zero-order valence-electron chi connectivity index (χ0n) is 15.0. The molecule has 0 atom stereocenters. The van der Waals surface area contributed by atoms with Crippen molar-refractivity contribution in [3.05, 3.63) is 63.6 Å². The highest BCUT2D eigenvalue weighted by atomic mass is 79.9. The smallest absolute Gasteiger partial charge is 0.306 e. The van der Waals surface area contributed by atoms with Crippen LogP contribution in [0.5, 0.6) is 0 Å². The van der Waals surface area contributed by atoms with E-state index in [4.69, 9.17) is 16.3 Å². The zero-order chi connectivity index (χ0) is 21.2. The number of esters is 1. The predicted molar refractivity (Wildman–Crippen MR) is 110 cm³/mol. The Hall–Kier alpha value is -2.91. The van der Waals surface area contributed by atoms with Crippen molar-refractivity contribution >= 4 is 56.9 Å². The van der Waals surface area contributed by atoms with Crippen molar-refractivity contribution in [2.45, 2.75) is 12.8 Å². The average molecular weight is 483 g/mol. The van der Waals surface area contributed by atoms with Gasteiger partial charge in [-0.3, -0.25) is 30.0 Å². The van der Waals surface area contributed by atoms with Gasteiger partial charge in [0.15, 0.2) is 6.61 Å². The zero-order valence-corrected chi connectivity index (χ0v) is 17.4. The molecule has 152 valence electrons. The first-order valence-electron chi connectivity index (χ1n) is 8.40. The third-order valence-electron chi connectivity index (χ3n) is 3.48. The second kappa shape index (κ2) is 11.2. The molecule has 0 aliphatic carbocycles. The number of amides is 3. The summed E-state index contributed by atoms with van der Waals surface area (Å²) in [7, 11) is 0. The van der Waals surface area contributed by atoms with Crippen LogP contribution in [0.1, 0.15) is 23.2 Å². The number of ether oxygens (including phenoxy) is 1. The third-order valence-corrected chi connectivity index (χ3v) is 4.71. The second-order valence-electron chi connectivity index (χ2n) is 5.71. The Balaban J connectivity index is 1.64. The number of halogens is 2. The number of anilines is 1. The summed E-state index contributed by atoms with van der Waals surface area (Å²) >= 11 is 9.16. The van der Waals surface area contributed by atoms with E-state index in [0.29, 0.717) is 20.7 Å². The molecular weight excluding hydrogens is 466 g/mol. The van der Waals surface area contributed by atoms with Crippen LogP contribution in [0.3, 0.4) is 0 Å². The van der Waals surface area contributed by atoms with Gasteiger partial charge in [-0.25, -0.2) is 0 Å². The molecule has 0 aliphatic heterocycles. The molecule has 8 nitrogen and oxygen atoms in total. The van der Waals surface area contributed by atoms with Gasteiger partial charge in [0, 0.05) is 22.1 Å². The summed E-state index contributed by atoms with van der Waals surface area (Å²) in [6.45, 7) is -0.501.